The zero-order chi connectivity index (χ0) is 32.3. The van der Waals surface area contributed by atoms with E-state index < -0.39 is 17.8 Å². The van der Waals surface area contributed by atoms with Crippen LogP contribution in [0.5, 0.6) is 11.5 Å². The van der Waals surface area contributed by atoms with Crippen molar-refractivity contribution in [3.63, 3.8) is 0 Å². The van der Waals surface area contributed by atoms with Crippen molar-refractivity contribution in [1.29, 1.82) is 0 Å². The summed E-state index contributed by atoms with van der Waals surface area (Å²) < 4.78 is 11.3. The van der Waals surface area contributed by atoms with E-state index in [2.05, 4.69) is 10.3 Å². The fraction of sp³-hybridized carbons (Fsp3) is 0.406. The zero-order valence-corrected chi connectivity index (χ0v) is 27.0. The first kappa shape index (κ1) is 30.8. The third-order valence-electron chi connectivity index (χ3n) is 9.63. The predicted molar refractivity (Wildman–Crippen MR) is 171 cm³/mol. The maximum absolute atomic E-state index is 13.7. The highest BCUT2D eigenvalue weighted by Crippen LogP contribution is 2.69. The van der Waals surface area contributed by atoms with Crippen LogP contribution in [-0.2, 0) is 19.2 Å². The summed E-state index contributed by atoms with van der Waals surface area (Å²) in [7, 11) is 1.56. The van der Waals surface area contributed by atoms with E-state index in [9.17, 15) is 24.0 Å². The van der Waals surface area contributed by atoms with Crippen molar-refractivity contribution >= 4 is 64.1 Å². The van der Waals surface area contributed by atoms with E-state index in [4.69, 9.17) is 26.2 Å². The van der Waals surface area contributed by atoms with Crippen molar-refractivity contribution in [2.24, 2.45) is 29.6 Å². The minimum absolute atomic E-state index is 0.0464. The summed E-state index contributed by atoms with van der Waals surface area (Å²) in [5.74, 6) is -2.30. The van der Waals surface area contributed by atoms with Gasteiger partial charge in [-0.15, -0.1) is 11.8 Å². The van der Waals surface area contributed by atoms with Crippen LogP contribution in [0.15, 0.2) is 52.3 Å². The van der Waals surface area contributed by atoms with Gasteiger partial charge in [-0.2, -0.15) is 0 Å². The monoisotopic (exact) mass is 683 g/mol. The molecule has 4 aliphatic rings. The van der Waals surface area contributed by atoms with Gasteiger partial charge in [-0.1, -0.05) is 22.9 Å². The highest BCUT2D eigenvalue weighted by molar-refractivity contribution is 8.00. The number of thioether (sulfide) groups is 1. The molecule has 2 saturated carbocycles. The number of methoxy groups -OCH3 is 1. The van der Waals surface area contributed by atoms with Crippen LogP contribution in [0.2, 0.25) is 5.02 Å². The molecule has 3 amide bonds. The number of imide groups is 1. The first-order valence-corrected chi connectivity index (χ1v) is 17.0. The Morgan fingerprint density at radius 1 is 1.09 bits per heavy atom. The van der Waals surface area contributed by atoms with E-state index in [0.717, 1.165) is 26.8 Å². The summed E-state index contributed by atoms with van der Waals surface area (Å²) in [6.07, 6.45) is 0.792. The van der Waals surface area contributed by atoms with E-state index in [-0.39, 0.29) is 77.5 Å². The van der Waals surface area contributed by atoms with Crippen molar-refractivity contribution < 1.29 is 33.8 Å². The lowest BCUT2D eigenvalue weighted by Crippen LogP contribution is -2.42. The maximum Gasteiger partial charge on any atom is 0.305 e. The summed E-state index contributed by atoms with van der Waals surface area (Å²) in [5.41, 5.74) is 1.31. The Hall–Kier alpha value is -3.81. The number of aromatic nitrogens is 1. The third kappa shape index (κ3) is 5.27. The van der Waals surface area contributed by atoms with Crippen LogP contribution < -0.4 is 19.7 Å². The Morgan fingerprint density at radius 3 is 2.54 bits per heavy atom. The summed E-state index contributed by atoms with van der Waals surface area (Å²) in [4.78, 5) is 68.8. The number of halogens is 1. The highest BCUT2D eigenvalue weighted by Gasteiger charge is 2.69. The maximum atomic E-state index is 13.7. The Morgan fingerprint density at radius 2 is 1.83 bits per heavy atom. The number of likely N-dealkylation sites (tertiary alicyclic amines) is 1. The van der Waals surface area contributed by atoms with Crippen LogP contribution in [0.3, 0.4) is 0 Å². The average Bonchev–Trinajstić information content (AvgIpc) is 3.76. The lowest BCUT2D eigenvalue weighted by atomic mass is 9.68. The number of thiazole rings is 1. The minimum Gasteiger partial charge on any atom is -0.497 e. The van der Waals surface area contributed by atoms with Crippen molar-refractivity contribution in [3.8, 4) is 11.5 Å². The Kier molecular flexibility index (Phi) is 8.10. The van der Waals surface area contributed by atoms with E-state index in [1.165, 1.54) is 4.90 Å². The number of nitrogens with zero attached hydrogens (tertiary/aromatic N) is 1. The molecule has 3 N–H and O–H groups in total. The van der Waals surface area contributed by atoms with Crippen molar-refractivity contribution in [1.82, 2.24) is 9.88 Å². The standard InChI is InChI=1S/C32H30ClN3O8S2/c1-43-16-7-5-15(6-8-16)34-21(37)13-44-20-9-4-14(33)11-17(20)23-24-18-12-19(27(24)45-29-28(23)46-32(42)35-29)26-25(18)30(40)36(31(26)41)10-2-3-22(38)39/h4-9,11,18-19,23-27H,2-3,10,12-13H2,1H3,(H,34,37)(H,35,42)(H,38,39)/t18?,19?,23-,24?,25?,26?,27?/m1/s1. The molecule has 46 heavy (non-hydrogen) atoms. The molecule has 0 spiro atoms. The van der Waals surface area contributed by atoms with Gasteiger partial charge in [0.05, 0.1) is 24.0 Å². The lowest BCUT2D eigenvalue weighted by molar-refractivity contribution is -0.142. The number of aliphatic carboxylic acids is 1. The summed E-state index contributed by atoms with van der Waals surface area (Å²) in [6, 6.07) is 12.1. The van der Waals surface area contributed by atoms with Gasteiger partial charge in [0, 0.05) is 45.3 Å². The van der Waals surface area contributed by atoms with Crippen molar-refractivity contribution in [2.75, 3.05) is 25.6 Å². The van der Waals surface area contributed by atoms with Crippen LogP contribution >= 0.6 is 34.7 Å². The number of nitrogens with one attached hydrogen (secondary N) is 2. The second kappa shape index (κ2) is 12.1. The Balaban J connectivity index is 1.18. The molecule has 14 heteroatoms. The summed E-state index contributed by atoms with van der Waals surface area (Å²) >= 11 is 9.22. The predicted octanol–water partition coefficient (Wildman–Crippen LogP) is 4.45. The van der Waals surface area contributed by atoms with E-state index in [0.29, 0.717) is 28.6 Å². The molecule has 3 heterocycles. The van der Waals surface area contributed by atoms with Crippen molar-refractivity contribution in [2.45, 2.75) is 35.5 Å². The second-order valence-electron chi connectivity index (χ2n) is 12.0. The van der Waals surface area contributed by atoms with Gasteiger partial charge in [-0.05, 0) is 73.1 Å². The molecule has 2 aliphatic heterocycles. The number of benzene rings is 2. The fourth-order valence-corrected chi connectivity index (χ4v) is 11.0. The van der Waals surface area contributed by atoms with Crippen molar-refractivity contribution in [3.05, 3.63) is 67.6 Å². The van der Waals surface area contributed by atoms with E-state index >= 15 is 0 Å². The smallest absolute Gasteiger partial charge is 0.305 e. The van der Waals surface area contributed by atoms with Crippen LogP contribution in [0.4, 0.5) is 5.69 Å². The fourth-order valence-electron chi connectivity index (χ4n) is 7.94. The second-order valence-corrected chi connectivity index (χ2v) is 14.7. The molecule has 0 radical (unpaired) electrons. The molecule has 2 aliphatic carbocycles. The number of carboxylic acid groups (broad SMARTS) is 1. The topological polar surface area (TPSA) is 155 Å². The zero-order valence-electron chi connectivity index (χ0n) is 24.6. The first-order valence-electron chi connectivity index (χ1n) is 15.0. The molecule has 1 saturated heterocycles. The number of amides is 3. The largest absolute Gasteiger partial charge is 0.497 e. The number of aromatic amines is 1. The molecule has 7 rings (SSSR count). The third-order valence-corrected chi connectivity index (χ3v) is 12.5. The van der Waals surface area contributed by atoms with Crippen LogP contribution in [0, 0.1) is 29.6 Å². The molecular weight excluding hydrogens is 654 g/mol. The molecule has 2 aromatic carbocycles. The van der Waals surface area contributed by atoms with Crippen LogP contribution in [-0.4, -0.2) is 64.2 Å². The number of hydrogen-bond donors (Lipinski definition) is 3. The number of carboxylic acids is 1. The average molecular weight is 684 g/mol. The molecular formula is C32H30ClN3O8S2. The van der Waals surface area contributed by atoms with E-state index in [1.807, 2.05) is 0 Å². The van der Waals surface area contributed by atoms with Gasteiger partial charge < -0.3 is 24.9 Å². The molecule has 6 unspecified atom stereocenters. The highest BCUT2D eigenvalue weighted by atomic mass is 35.5. The van der Waals surface area contributed by atoms with Gasteiger partial charge in [0.2, 0.25) is 11.8 Å². The number of ether oxygens (including phenoxy) is 2. The number of fused-ring (bicyclic) bond motifs is 9. The van der Waals surface area contributed by atoms with Gasteiger partial charge in [0.25, 0.3) is 5.91 Å². The van der Waals surface area contributed by atoms with Gasteiger partial charge in [0.1, 0.15) is 11.5 Å². The number of hydrogen-bond acceptors (Lipinski definition) is 9. The molecule has 3 aromatic rings. The van der Waals surface area contributed by atoms with Crippen LogP contribution in [0.1, 0.15) is 35.6 Å². The van der Waals surface area contributed by atoms with E-state index in [1.54, 1.807) is 61.3 Å². The number of carbonyl (C=O) groups excluding carboxylic acids is 3. The lowest BCUT2D eigenvalue weighted by Gasteiger charge is -2.43. The number of anilines is 1. The Labute approximate surface area is 276 Å². The number of H-pyrrole nitrogens is 1. The molecule has 1 aromatic heterocycles. The molecule has 7 atom stereocenters. The molecule has 2 bridgehead atoms. The molecule has 11 nitrogen and oxygen atoms in total. The number of rotatable bonds is 10. The summed E-state index contributed by atoms with van der Waals surface area (Å²) in [5, 5.41) is 13.0. The summed E-state index contributed by atoms with van der Waals surface area (Å²) in [6.45, 7) is -0.185. The normalized spacial score (nSPS) is 27.3. The molecule has 3 fully saturated rings. The SMILES string of the molecule is COc1ccc(NC(=O)COc2ccc(Cl)cc2[C@H]2c3sc(=O)[nH]c3SC3C4CC(C5C(=O)N(CCCC(=O)O)C(=O)C45)C32)cc1. The Bertz CT molecular complexity index is 1790. The molecule has 240 valence electrons. The van der Waals surface area contributed by atoms with Gasteiger partial charge in [0.15, 0.2) is 6.61 Å². The van der Waals surface area contributed by atoms with Crippen LogP contribution in [0.25, 0.3) is 0 Å². The quantitative estimate of drug-likeness (QED) is 0.263. The number of carbonyl (C=O) groups is 4. The van der Waals surface area contributed by atoms with Gasteiger partial charge in [-0.25, -0.2) is 0 Å². The minimum atomic E-state index is -0.970. The van der Waals surface area contributed by atoms with Gasteiger partial charge in [-0.3, -0.25) is 28.9 Å². The first-order chi connectivity index (χ1) is 22.1. The van der Waals surface area contributed by atoms with Gasteiger partial charge >= 0.3 is 10.8 Å².